The van der Waals surface area contributed by atoms with Gasteiger partial charge >= 0.3 is 0 Å². The molecular weight excluding hydrogens is 195 g/mol. The Kier molecular flexibility index (Phi) is 2.21. The van der Waals surface area contributed by atoms with Gasteiger partial charge in [0.15, 0.2) is 0 Å². The molecule has 5 heteroatoms. The Balaban J connectivity index is 2.59. The summed E-state index contributed by atoms with van der Waals surface area (Å²) >= 11 is 0. The van der Waals surface area contributed by atoms with Gasteiger partial charge in [0, 0.05) is 11.6 Å². The maximum atomic E-state index is 13.4. The number of hydrogen-bond donors (Lipinski definition) is 2. The molecule has 0 fully saturated rings. The van der Waals surface area contributed by atoms with E-state index in [1.54, 1.807) is 18.2 Å². The number of nitrogen functional groups attached to an aromatic ring is 2. The number of halogens is 1. The van der Waals surface area contributed by atoms with Crippen LogP contribution in [0.4, 0.5) is 16.2 Å². The number of nitrogens with two attached hydrogens (primary N) is 2. The summed E-state index contributed by atoms with van der Waals surface area (Å²) in [6, 6.07) is 7.76. The van der Waals surface area contributed by atoms with E-state index in [1.165, 1.54) is 12.1 Å². The first-order valence-corrected chi connectivity index (χ1v) is 4.32. The van der Waals surface area contributed by atoms with Crippen molar-refractivity contribution in [2.75, 3.05) is 11.5 Å². The van der Waals surface area contributed by atoms with Crippen molar-refractivity contribution in [1.82, 2.24) is 9.97 Å². The molecule has 0 aliphatic carbocycles. The minimum absolute atomic E-state index is 0.0354. The van der Waals surface area contributed by atoms with Crippen molar-refractivity contribution >= 4 is 11.8 Å². The lowest BCUT2D eigenvalue weighted by Gasteiger charge is -2.03. The highest BCUT2D eigenvalue weighted by Gasteiger charge is 2.07. The Labute approximate surface area is 85.8 Å². The van der Waals surface area contributed by atoms with Crippen molar-refractivity contribution in [3.63, 3.8) is 0 Å². The molecule has 76 valence electrons. The molecule has 0 spiro atoms. The quantitative estimate of drug-likeness (QED) is 0.736. The molecule has 0 bridgehead atoms. The van der Waals surface area contributed by atoms with Crippen LogP contribution in [0.15, 0.2) is 30.3 Å². The van der Waals surface area contributed by atoms with Crippen LogP contribution in [0.5, 0.6) is 0 Å². The van der Waals surface area contributed by atoms with Gasteiger partial charge in [0.05, 0.1) is 5.69 Å². The highest BCUT2D eigenvalue weighted by Crippen LogP contribution is 2.22. The van der Waals surface area contributed by atoms with Gasteiger partial charge < -0.3 is 11.5 Å². The maximum Gasteiger partial charge on any atom is 0.222 e. The second-order valence-electron chi connectivity index (χ2n) is 3.02. The van der Waals surface area contributed by atoms with Crippen LogP contribution in [0.1, 0.15) is 0 Å². The first-order chi connectivity index (χ1) is 7.16. The van der Waals surface area contributed by atoms with Crippen molar-refractivity contribution in [3.05, 3.63) is 36.1 Å². The summed E-state index contributed by atoms with van der Waals surface area (Å²) in [4.78, 5) is 7.62. The van der Waals surface area contributed by atoms with Crippen LogP contribution in [-0.2, 0) is 0 Å². The summed E-state index contributed by atoms with van der Waals surface area (Å²) in [5, 5.41) is 0. The first-order valence-electron chi connectivity index (χ1n) is 4.32. The fourth-order valence-electron chi connectivity index (χ4n) is 1.29. The standard InChI is InChI=1S/C10H9FN4/c11-7-4-2-1-3-6(7)8-5-9(12)15-10(13)14-8/h1-5H,(H4,12,13,14,15). The van der Waals surface area contributed by atoms with Crippen molar-refractivity contribution in [1.29, 1.82) is 0 Å². The van der Waals surface area contributed by atoms with E-state index >= 15 is 0 Å². The molecule has 1 aromatic carbocycles. The Bertz CT molecular complexity index is 478. The highest BCUT2D eigenvalue weighted by atomic mass is 19.1. The highest BCUT2D eigenvalue weighted by molar-refractivity contribution is 5.63. The second-order valence-corrected chi connectivity index (χ2v) is 3.02. The van der Waals surface area contributed by atoms with Gasteiger partial charge in [-0.2, -0.15) is 4.98 Å². The molecule has 4 N–H and O–H groups in total. The van der Waals surface area contributed by atoms with Crippen LogP contribution in [0.3, 0.4) is 0 Å². The maximum absolute atomic E-state index is 13.4. The van der Waals surface area contributed by atoms with E-state index in [4.69, 9.17) is 11.5 Å². The lowest BCUT2D eigenvalue weighted by Crippen LogP contribution is -2.01. The van der Waals surface area contributed by atoms with E-state index in [1.807, 2.05) is 0 Å². The predicted molar refractivity (Wildman–Crippen MR) is 56.3 cm³/mol. The SMILES string of the molecule is Nc1cc(-c2ccccc2F)nc(N)n1. The van der Waals surface area contributed by atoms with Crippen LogP contribution in [-0.4, -0.2) is 9.97 Å². The lowest BCUT2D eigenvalue weighted by molar-refractivity contribution is 0.631. The summed E-state index contributed by atoms with van der Waals surface area (Å²) in [6.45, 7) is 0. The van der Waals surface area contributed by atoms with E-state index in [-0.39, 0.29) is 17.6 Å². The Morgan fingerprint density at radius 2 is 1.80 bits per heavy atom. The smallest absolute Gasteiger partial charge is 0.222 e. The van der Waals surface area contributed by atoms with E-state index < -0.39 is 0 Å². The van der Waals surface area contributed by atoms with Gasteiger partial charge in [-0.15, -0.1) is 0 Å². The van der Waals surface area contributed by atoms with Gasteiger partial charge in [-0.25, -0.2) is 9.37 Å². The zero-order chi connectivity index (χ0) is 10.8. The predicted octanol–water partition coefficient (Wildman–Crippen LogP) is 1.45. The third-order valence-corrected chi connectivity index (χ3v) is 1.91. The third-order valence-electron chi connectivity index (χ3n) is 1.91. The molecular formula is C10H9FN4. The third kappa shape index (κ3) is 1.85. The Morgan fingerprint density at radius 1 is 1.07 bits per heavy atom. The molecule has 1 aromatic heterocycles. The molecule has 1 heterocycles. The molecule has 15 heavy (non-hydrogen) atoms. The monoisotopic (exact) mass is 204 g/mol. The number of rotatable bonds is 1. The largest absolute Gasteiger partial charge is 0.384 e. The average Bonchev–Trinajstić information content (AvgIpc) is 2.16. The molecule has 4 nitrogen and oxygen atoms in total. The summed E-state index contributed by atoms with van der Waals surface area (Å²) in [5.41, 5.74) is 11.7. The number of benzene rings is 1. The fraction of sp³-hybridized carbons (Fsp3) is 0. The molecule has 0 amide bonds. The van der Waals surface area contributed by atoms with Crippen molar-refractivity contribution in [2.45, 2.75) is 0 Å². The molecule has 0 aliphatic rings. The van der Waals surface area contributed by atoms with Crippen LogP contribution in [0.2, 0.25) is 0 Å². The van der Waals surface area contributed by atoms with Crippen molar-refractivity contribution in [2.24, 2.45) is 0 Å². The molecule has 0 saturated carbocycles. The summed E-state index contributed by atoms with van der Waals surface area (Å²) in [5.74, 6) is -0.107. The van der Waals surface area contributed by atoms with Crippen LogP contribution < -0.4 is 11.5 Å². The number of anilines is 2. The zero-order valence-corrected chi connectivity index (χ0v) is 7.81. The second kappa shape index (κ2) is 3.53. The van der Waals surface area contributed by atoms with Gasteiger partial charge in [0.25, 0.3) is 0 Å². The number of hydrogen-bond acceptors (Lipinski definition) is 4. The van der Waals surface area contributed by atoms with Crippen molar-refractivity contribution < 1.29 is 4.39 Å². The topological polar surface area (TPSA) is 77.8 Å². The summed E-state index contributed by atoms with van der Waals surface area (Å²) in [6.07, 6.45) is 0. The van der Waals surface area contributed by atoms with Gasteiger partial charge in [0.2, 0.25) is 5.95 Å². The van der Waals surface area contributed by atoms with Crippen LogP contribution in [0, 0.1) is 5.82 Å². The van der Waals surface area contributed by atoms with Gasteiger partial charge in [0.1, 0.15) is 11.6 Å². The summed E-state index contributed by atoms with van der Waals surface area (Å²) < 4.78 is 13.4. The molecule has 0 unspecified atom stereocenters. The van der Waals surface area contributed by atoms with Crippen LogP contribution >= 0.6 is 0 Å². The van der Waals surface area contributed by atoms with E-state index in [2.05, 4.69) is 9.97 Å². The molecule has 0 aliphatic heterocycles. The van der Waals surface area contributed by atoms with Crippen molar-refractivity contribution in [3.8, 4) is 11.3 Å². The molecule has 2 aromatic rings. The normalized spacial score (nSPS) is 10.2. The van der Waals surface area contributed by atoms with Crippen LogP contribution in [0.25, 0.3) is 11.3 Å². The molecule has 2 rings (SSSR count). The Morgan fingerprint density at radius 3 is 2.47 bits per heavy atom. The average molecular weight is 204 g/mol. The fourth-order valence-corrected chi connectivity index (χ4v) is 1.29. The van der Waals surface area contributed by atoms with E-state index in [0.717, 1.165) is 0 Å². The molecule has 0 radical (unpaired) electrons. The van der Waals surface area contributed by atoms with E-state index in [0.29, 0.717) is 11.3 Å². The number of nitrogens with zero attached hydrogens (tertiary/aromatic N) is 2. The lowest BCUT2D eigenvalue weighted by atomic mass is 10.1. The van der Waals surface area contributed by atoms with E-state index in [9.17, 15) is 4.39 Å². The van der Waals surface area contributed by atoms with Gasteiger partial charge in [-0.3, -0.25) is 0 Å². The molecule has 0 saturated heterocycles. The minimum atomic E-state index is -0.366. The zero-order valence-electron chi connectivity index (χ0n) is 7.81. The Hall–Kier alpha value is -2.17. The number of aromatic nitrogens is 2. The molecule has 0 atom stereocenters. The first kappa shape index (κ1) is 9.39. The van der Waals surface area contributed by atoms with Gasteiger partial charge in [-0.05, 0) is 12.1 Å². The summed E-state index contributed by atoms with van der Waals surface area (Å²) in [7, 11) is 0. The minimum Gasteiger partial charge on any atom is -0.384 e. The van der Waals surface area contributed by atoms with Gasteiger partial charge in [-0.1, -0.05) is 12.1 Å².